The molecule has 2 amide bonds. The maximum Gasteiger partial charge on any atom is 0.279 e. The average molecular weight is 575 g/mol. The third-order valence-corrected chi connectivity index (χ3v) is 7.80. The maximum atomic E-state index is 13.3. The van der Waals surface area contributed by atoms with E-state index >= 15 is 0 Å². The van der Waals surface area contributed by atoms with Crippen LogP contribution in [-0.4, -0.2) is 36.3 Å². The number of halogens is 1. The van der Waals surface area contributed by atoms with Crippen LogP contribution in [0, 0.1) is 0 Å². The Bertz CT molecular complexity index is 1870. The lowest BCUT2D eigenvalue weighted by atomic mass is 9.98. The van der Waals surface area contributed by atoms with Crippen LogP contribution < -0.4 is 15.6 Å². The van der Waals surface area contributed by atoms with Gasteiger partial charge in [0, 0.05) is 46.0 Å². The molecule has 1 unspecified atom stereocenters. The third-order valence-electron chi connectivity index (χ3n) is 6.30. The number of hydrogen-bond acceptors (Lipinski definition) is 5. The molecule has 0 fully saturated rings. The molecule has 0 saturated carbocycles. The molecule has 40 heavy (non-hydrogen) atoms. The highest BCUT2D eigenvalue weighted by Crippen LogP contribution is 2.23. The molecule has 0 spiro atoms. The lowest BCUT2D eigenvalue weighted by Gasteiger charge is -2.18. The van der Waals surface area contributed by atoms with Crippen LogP contribution in [0.3, 0.4) is 0 Å². The van der Waals surface area contributed by atoms with Crippen LogP contribution >= 0.6 is 11.6 Å². The van der Waals surface area contributed by atoms with Crippen LogP contribution in [0.4, 0.5) is 0 Å². The number of fused-ring (bicyclic) bond motifs is 1. The van der Waals surface area contributed by atoms with E-state index in [1.54, 1.807) is 91.1 Å². The Balaban J connectivity index is 1.32. The molecular formula is C29H23ClN4O5S. The summed E-state index contributed by atoms with van der Waals surface area (Å²) in [5.41, 5.74) is 1.73. The van der Waals surface area contributed by atoms with Gasteiger partial charge in [-0.15, -0.1) is 0 Å². The lowest BCUT2D eigenvalue weighted by molar-refractivity contribution is -0.120. The molecule has 3 aromatic carbocycles. The first-order valence-corrected chi connectivity index (χ1v) is 14.0. The van der Waals surface area contributed by atoms with Crippen molar-refractivity contribution in [3.63, 3.8) is 0 Å². The number of hydrogen-bond donors (Lipinski definition) is 3. The van der Waals surface area contributed by atoms with Crippen LogP contribution in [0.2, 0.25) is 5.02 Å². The Kier molecular flexibility index (Phi) is 7.54. The van der Waals surface area contributed by atoms with E-state index in [1.165, 1.54) is 16.7 Å². The summed E-state index contributed by atoms with van der Waals surface area (Å²) < 4.78 is 29.7. The molecule has 3 N–H and O–H groups in total. The number of rotatable bonds is 8. The summed E-state index contributed by atoms with van der Waals surface area (Å²) in [4.78, 5) is 41.0. The molecule has 1 atom stereocenters. The molecule has 0 aliphatic heterocycles. The van der Waals surface area contributed by atoms with Gasteiger partial charge in [-0.1, -0.05) is 54.1 Å². The fourth-order valence-electron chi connectivity index (χ4n) is 4.23. The van der Waals surface area contributed by atoms with E-state index in [0.29, 0.717) is 32.7 Å². The van der Waals surface area contributed by atoms with E-state index in [4.69, 9.17) is 11.6 Å². The van der Waals surface area contributed by atoms with Gasteiger partial charge in [-0.2, -0.15) is 8.42 Å². The highest BCUT2D eigenvalue weighted by atomic mass is 35.5. The van der Waals surface area contributed by atoms with Crippen LogP contribution in [0.15, 0.2) is 113 Å². The van der Waals surface area contributed by atoms with E-state index in [0.717, 1.165) is 0 Å². The summed E-state index contributed by atoms with van der Waals surface area (Å²) in [6.07, 6.45) is 1.62. The number of nitrogens with zero attached hydrogens (tertiary/aromatic N) is 1. The quantitative estimate of drug-likeness (QED) is 0.258. The van der Waals surface area contributed by atoms with Crippen LogP contribution in [0.1, 0.15) is 21.8 Å². The van der Waals surface area contributed by atoms with Crippen LogP contribution in [0.25, 0.3) is 16.6 Å². The molecule has 0 aliphatic rings. The second-order valence-corrected chi connectivity index (χ2v) is 11.1. The van der Waals surface area contributed by atoms with Crippen LogP contribution in [-0.2, 0) is 14.8 Å². The van der Waals surface area contributed by atoms with Crippen molar-refractivity contribution in [3.8, 4) is 5.69 Å². The maximum absolute atomic E-state index is 13.3. The van der Waals surface area contributed by atoms with Gasteiger partial charge in [-0.25, -0.2) is 4.72 Å². The molecular weight excluding hydrogens is 552 g/mol. The normalized spacial score (nSPS) is 12.1. The molecule has 11 heteroatoms. The van der Waals surface area contributed by atoms with Crippen molar-refractivity contribution in [1.29, 1.82) is 0 Å². The highest BCUT2D eigenvalue weighted by molar-refractivity contribution is 7.90. The van der Waals surface area contributed by atoms with Crippen LogP contribution in [0.5, 0.6) is 0 Å². The van der Waals surface area contributed by atoms with Gasteiger partial charge in [0.25, 0.3) is 21.5 Å². The van der Waals surface area contributed by atoms with Crippen molar-refractivity contribution >= 4 is 44.3 Å². The molecule has 5 aromatic rings. The Morgan fingerprint density at radius 1 is 0.900 bits per heavy atom. The van der Waals surface area contributed by atoms with E-state index in [2.05, 4.69) is 15.0 Å². The summed E-state index contributed by atoms with van der Waals surface area (Å²) in [6.45, 7) is -0.160. The van der Waals surface area contributed by atoms with Crippen molar-refractivity contribution in [2.24, 2.45) is 0 Å². The molecule has 0 saturated heterocycles. The molecule has 202 valence electrons. The zero-order chi connectivity index (χ0) is 28.3. The highest BCUT2D eigenvalue weighted by Gasteiger charge is 2.27. The fraction of sp³-hybridized carbons (Fsp3) is 0.0690. The van der Waals surface area contributed by atoms with Gasteiger partial charge in [0.15, 0.2) is 5.03 Å². The summed E-state index contributed by atoms with van der Waals surface area (Å²) in [6, 6.07) is 26.1. The molecule has 2 heterocycles. The van der Waals surface area contributed by atoms with Crippen molar-refractivity contribution < 1.29 is 18.0 Å². The SMILES string of the molecule is O=C(NCC(C(=O)NS(=O)(=O)c1cc2ccc(Cl)cc2[nH]1)c1ccccc1)c1ccc(-n2ccccc2=O)cc1. The number of aromatic amines is 1. The number of pyridine rings is 1. The number of amides is 2. The summed E-state index contributed by atoms with van der Waals surface area (Å²) in [5, 5.41) is 3.58. The monoisotopic (exact) mass is 574 g/mol. The van der Waals surface area contributed by atoms with E-state index in [9.17, 15) is 22.8 Å². The number of nitrogens with one attached hydrogen (secondary N) is 3. The van der Waals surface area contributed by atoms with E-state index < -0.39 is 27.8 Å². The predicted molar refractivity (Wildman–Crippen MR) is 152 cm³/mol. The summed E-state index contributed by atoms with van der Waals surface area (Å²) >= 11 is 6.00. The first kappa shape index (κ1) is 26.9. The van der Waals surface area contributed by atoms with E-state index in [1.807, 2.05) is 0 Å². The topological polar surface area (TPSA) is 130 Å². The van der Waals surface area contributed by atoms with Gasteiger partial charge in [-0.3, -0.25) is 19.0 Å². The average Bonchev–Trinajstić information content (AvgIpc) is 3.38. The fourth-order valence-corrected chi connectivity index (χ4v) is 5.45. The van der Waals surface area contributed by atoms with Gasteiger partial charge in [0.1, 0.15) is 0 Å². The predicted octanol–water partition coefficient (Wildman–Crippen LogP) is 3.99. The first-order chi connectivity index (χ1) is 19.2. The largest absolute Gasteiger partial charge is 0.351 e. The Labute approximate surface area is 234 Å². The second kappa shape index (κ2) is 11.2. The smallest absolute Gasteiger partial charge is 0.279 e. The van der Waals surface area contributed by atoms with Gasteiger partial charge in [0.05, 0.1) is 5.92 Å². The van der Waals surface area contributed by atoms with E-state index in [-0.39, 0.29) is 17.1 Å². The molecule has 9 nitrogen and oxygen atoms in total. The van der Waals surface area contributed by atoms with Gasteiger partial charge in [0.2, 0.25) is 5.91 Å². The Hall–Kier alpha value is -4.67. The zero-order valence-electron chi connectivity index (χ0n) is 20.9. The molecule has 2 aromatic heterocycles. The molecule has 0 aliphatic carbocycles. The molecule has 0 bridgehead atoms. The minimum atomic E-state index is -4.25. The first-order valence-electron chi connectivity index (χ1n) is 12.2. The number of aromatic nitrogens is 2. The minimum absolute atomic E-state index is 0.160. The van der Waals surface area contributed by atoms with Crippen molar-refractivity contribution in [2.45, 2.75) is 10.9 Å². The number of sulfonamides is 1. The second-order valence-electron chi connectivity index (χ2n) is 8.96. The van der Waals surface area contributed by atoms with Crippen molar-refractivity contribution in [2.75, 3.05) is 6.54 Å². The molecule has 0 radical (unpaired) electrons. The lowest BCUT2D eigenvalue weighted by Crippen LogP contribution is -2.40. The number of carbonyl (C=O) groups excluding carboxylic acids is 2. The minimum Gasteiger partial charge on any atom is -0.351 e. The standard InChI is InChI=1S/C29H23ClN4O5S/c30-22-12-9-21-16-26(32-25(21)17-22)40(38,39)33-29(37)24(19-6-2-1-3-7-19)18-31-28(36)20-10-13-23(14-11-20)34-15-5-4-8-27(34)35/h1-17,24,32H,18H2,(H,31,36)(H,33,37). The summed E-state index contributed by atoms with van der Waals surface area (Å²) in [5.74, 6) is -2.26. The Morgan fingerprint density at radius 3 is 2.35 bits per heavy atom. The number of carbonyl (C=O) groups is 2. The summed E-state index contributed by atoms with van der Waals surface area (Å²) in [7, 11) is -4.25. The van der Waals surface area contributed by atoms with Crippen molar-refractivity contribution in [3.05, 3.63) is 130 Å². The third kappa shape index (κ3) is 5.83. The van der Waals surface area contributed by atoms with Gasteiger partial charge in [-0.05, 0) is 54.1 Å². The zero-order valence-corrected chi connectivity index (χ0v) is 22.4. The van der Waals surface area contributed by atoms with Gasteiger partial charge >= 0.3 is 0 Å². The number of benzene rings is 3. The van der Waals surface area contributed by atoms with Gasteiger partial charge < -0.3 is 10.3 Å². The number of H-pyrrole nitrogens is 1. The van der Waals surface area contributed by atoms with Crippen molar-refractivity contribution in [1.82, 2.24) is 19.6 Å². The molecule has 5 rings (SSSR count). The Morgan fingerprint density at radius 2 is 1.62 bits per heavy atom.